The average molecular weight is 342 g/mol. The highest BCUT2D eigenvalue weighted by atomic mass is 16.2. The lowest BCUT2D eigenvalue weighted by molar-refractivity contribution is -0.122. The molecule has 1 aromatic heterocycles. The maximum Gasteiger partial charge on any atom is 0.275 e. The number of likely N-dealkylation sites (tertiary alicyclic amines) is 1. The van der Waals surface area contributed by atoms with Gasteiger partial charge < -0.3 is 5.32 Å². The molecule has 0 aliphatic carbocycles. The van der Waals surface area contributed by atoms with Gasteiger partial charge >= 0.3 is 0 Å². The Morgan fingerprint density at radius 1 is 1.24 bits per heavy atom. The Balaban J connectivity index is 1.67. The van der Waals surface area contributed by atoms with Gasteiger partial charge in [-0.3, -0.25) is 14.5 Å². The molecule has 0 radical (unpaired) electrons. The first-order chi connectivity index (χ1) is 12.1. The molecule has 1 saturated heterocycles. The van der Waals surface area contributed by atoms with Crippen LogP contribution < -0.4 is 10.9 Å². The van der Waals surface area contributed by atoms with Crippen LogP contribution in [0.1, 0.15) is 31.9 Å². The number of carbonyl (C=O) groups is 1. The van der Waals surface area contributed by atoms with Crippen molar-refractivity contribution in [2.24, 2.45) is 0 Å². The molecule has 6 nitrogen and oxygen atoms in total. The number of nitrogens with zero attached hydrogens (tertiary/aromatic N) is 3. The highest BCUT2D eigenvalue weighted by Crippen LogP contribution is 2.13. The molecule has 0 spiro atoms. The first kappa shape index (κ1) is 17.6. The Kier molecular flexibility index (Phi) is 5.48. The normalized spacial score (nSPS) is 16.2. The summed E-state index contributed by atoms with van der Waals surface area (Å²) in [4.78, 5) is 27.3. The van der Waals surface area contributed by atoms with E-state index in [1.807, 2.05) is 25.1 Å². The van der Waals surface area contributed by atoms with Crippen LogP contribution in [0, 0.1) is 6.92 Å². The van der Waals surface area contributed by atoms with Crippen molar-refractivity contribution in [3.8, 4) is 0 Å². The Bertz CT molecular complexity index is 809. The average Bonchev–Trinajstić information content (AvgIpc) is 3.14. The monoisotopic (exact) mass is 342 g/mol. The summed E-state index contributed by atoms with van der Waals surface area (Å²) in [6.07, 6.45) is 3.48. The Morgan fingerprint density at radius 2 is 1.92 bits per heavy atom. The second-order valence-electron chi connectivity index (χ2n) is 6.70. The number of aryl methyl sites for hydroxylation is 1. The van der Waals surface area contributed by atoms with E-state index in [1.54, 1.807) is 6.07 Å². The van der Waals surface area contributed by atoms with Crippen LogP contribution in [0.4, 0.5) is 0 Å². The van der Waals surface area contributed by atoms with E-state index in [0.717, 1.165) is 30.6 Å². The van der Waals surface area contributed by atoms with Gasteiger partial charge in [0.1, 0.15) is 6.54 Å². The van der Waals surface area contributed by atoms with E-state index in [0.29, 0.717) is 18.0 Å². The molecular weight excluding hydrogens is 316 g/mol. The second kappa shape index (κ2) is 7.78. The molecule has 6 heteroatoms. The number of aromatic nitrogens is 2. The molecule has 134 valence electrons. The van der Waals surface area contributed by atoms with Gasteiger partial charge in [0.2, 0.25) is 5.91 Å². The fourth-order valence-corrected chi connectivity index (χ4v) is 3.57. The Morgan fingerprint density at radius 3 is 2.60 bits per heavy atom. The van der Waals surface area contributed by atoms with E-state index in [2.05, 4.69) is 22.2 Å². The predicted molar refractivity (Wildman–Crippen MR) is 98.6 cm³/mol. The molecule has 0 saturated carbocycles. The molecule has 1 fully saturated rings. The highest BCUT2D eigenvalue weighted by Gasteiger charge is 2.21. The third-order valence-corrected chi connectivity index (χ3v) is 5.01. The first-order valence-electron chi connectivity index (χ1n) is 9.07. The quantitative estimate of drug-likeness (QED) is 0.868. The SMILES string of the molecule is CC[C@@H](CNC(=O)Cn1nc(C)c2ccccc2c1=O)N1CCCC1. The van der Waals surface area contributed by atoms with Crippen molar-refractivity contribution in [3.05, 3.63) is 40.3 Å². The van der Waals surface area contributed by atoms with Crippen molar-refractivity contribution in [1.29, 1.82) is 0 Å². The number of benzene rings is 1. The Hall–Kier alpha value is -2.21. The zero-order valence-corrected chi connectivity index (χ0v) is 15.0. The van der Waals surface area contributed by atoms with Crippen LogP contribution in [0.3, 0.4) is 0 Å². The number of amides is 1. The Labute approximate surface area is 147 Å². The van der Waals surface area contributed by atoms with Gasteiger partial charge in [-0.15, -0.1) is 0 Å². The molecule has 25 heavy (non-hydrogen) atoms. The third kappa shape index (κ3) is 3.90. The second-order valence-corrected chi connectivity index (χ2v) is 6.70. The molecule has 1 atom stereocenters. The van der Waals surface area contributed by atoms with E-state index in [-0.39, 0.29) is 18.0 Å². The van der Waals surface area contributed by atoms with Gasteiger partial charge in [-0.2, -0.15) is 5.10 Å². The third-order valence-electron chi connectivity index (χ3n) is 5.01. The van der Waals surface area contributed by atoms with Gasteiger partial charge in [-0.25, -0.2) is 4.68 Å². The molecule has 3 rings (SSSR count). The number of hydrogen-bond donors (Lipinski definition) is 1. The molecule has 1 aromatic carbocycles. The minimum absolute atomic E-state index is 0.0407. The van der Waals surface area contributed by atoms with Crippen molar-refractivity contribution >= 4 is 16.7 Å². The lowest BCUT2D eigenvalue weighted by Gasteiger charge is -2.26. The molecule has 1 N–H and O–H groups in total. The summed E-state index contributed by atoms with van der Waals surface area (Å²) in [6, 6.07) is 7.74. The summed E-state index contributed by atoms with van der Waals surface area (Å²) < 4.78 is 1.27. The van der Waals surface area contributed by atoms with Gasteiger partial charge in [0.05, 0.1) is 11.1 Å². The predicted octanol–water partition coefficient (Wildman–Crippen LogP) is 1.70. The van der Waals surface area contributed by atoms with Crippen LogP contribution in [0.5, 0.6) is 0 Å². The van der Waals surface area contributed by atoms with E-state index < -0.39 is 0 Å². The maximum absolute atomic E-state index is 12.5. The summed E-state index contributed by atoms with van der Waals surface area (Å²) in [5.74, 6) is -0.165. The van der Waals surface area contributed by atoms with Gasteiger partial charge in [-0.1, -0.05) is 25.1 Å². The van der Waals surface area contributed by atoms with Gasteiger partial charge in [-0.05, 0) is 45.3 Å². The lowest BCUT2D eigenvalue weighted by Crippen LogP contribution is -2.43. The van der Waals surface area contributed by atoms with Gasteiger partial charge in [0.25, 0.3) is 5.56 Å². The van der Waals surface area contributed by atoms with Gasteiger partial charge in [0, 0.05) is 18.0 Å². The fourth-order valence-electron chi connectivity index (χ4n) is 3.57. The van der Waals surface area contributed by atoms with Crippen LogP contribution in [0.15, 0.2) is 29.1 Å². The molecule has 2 aromatic rings. The number of hydrogen-bond acceptors (Lipinski definition) is 4. The maximum atomic E-state index is 12.5. The minimum Gasteiger partial charge on any atom is -0.353 e. The molecule has 2 heterocycles. The zero-order valence-electron chi connectivity index (χ0n) is 15.0. The molecule has 0 unspecified atom stereocenters. The first-order valence-corrected chi connectivity index (χ1v) is 9.07. The smallest absolute Gasteiger partial charge is 0.275 e. The molecule has 1 aliphatic rings. The van der Waals surface area contributed by atoms with E-state index in [1.165, 1.54) is 17.5 Å². The number of carbonyl (C=O) groups excluding carboxylic acids is 1. The summed E-state index contributed by atoms with van der Waals surface area (Å²) in [6.45, 7) is 6.81. The van der Waals surface area contributed by atoms with Gasteiger partial charge in [0.15, 0.2) is 0 Å². The van der Waals surface area contributed by atoms with E-state index >= 15 is 0 Å². The summed E-state index contributed by atoms with van der Waals surface area (Å²) in [7, 11) is 0. The van der Waals surface area contributed by atoms with Crippen molar-refractivity contribution in [1.82, 2.24) is 20.0 Å². The van der Waals surface area contributed by atoms with E-state index in [9.17, 15) is 9.59 Å². The summed E-state index contributed by atoms with van der Waals surface area (Å²) >= 11 is 0. The van der Waals surface area contributed by atoms with Crippen LogP contribution in [-0.2, 0) is 11.3 Å². The topological polar surface area (TPSA) is 67.2 Å². The number of nitrogens with one attached hydrogen (secondary N) is 1. The number of fused-ring (bicyclic) bond motifs is 1. The number of rotatable bonds is 6. The molecule has 0 bridgehead atoms. The summed E-state index contributed by atoms with van der Waals surface area (Å²) in [5.41, 5.74) is 0.537. The van der Waals surface area contributed by atoms with Crippen LogP contribution in [0.25, 0.3) is 10.8 Å². The van der Waals surface area contributed by atoms with Crippen LogP contribution in [0.2, 0.25) is 0 Å². The minimum atomic E-state index is -0.220. The highest BCUT2D eigenvalue weighted by molar-refractivity contribution is 5.83. The standard InChI is InChI=1S/C19H26N4O2/c1-3-15(22-10-6-7-11-22)12-20-18(24)13-23-19(25)17-9-5-4-8-16(17)14(2)21-23/h4-5,8-9,15H,3,6-7,10-13H2,1-2H3,(H,20,24)/t15-/m0/s1. The van der Waals surface area contributed by atoms with Crippen molar-refractivity contribution < 1.29 is 4.79 Å². The lowest BCUT2D eigenvalue weighted by atomic mass is 10.1. The largest absolute Gasteiger partial charge is 0.353 e. The molecule has 1 amide bonds. The molecular formula is C19H26N4O2. The van der Waals surface area contributed by atoms with Crippen molar-refractivity contribution in [2.75, 3.05) is 19.6 Å². The molecule has 1 aliphatic heterocycles. The zero-order chi connectivity index (χ0) is 17.8. The van der Waals surface area contributed by atoms with E-state index in [4.69, 9.17) is 0 Å². The van der Waals surface area contributed by atoms with Crippen molar-refractivity contribution in [3.63, 3.8) is 0 Å². The van der Waals surface area contributed by atoms with Crippen molar-refractivity contribution in [2.45, 2.75) is 45.7 Å². The van der Waals surface area contributed by atoms with Crippen LogP contribution in [-0.4, -0.2) is 46.3 Å². The van der Waals surface area contributed by atoms with Crippen LogP contribution >= 0.6 is 0 Å². The summed E-state index contributed by atoms with van der Waals surface area (Å²) in [5, 5.41) is 8.71. The fraction of sp³-hybridized carbons (Fsp3) is 0.526.